The summed E-state index contributed by atoms with van der Waals surface area (Å²) in [6.07, 6.45) is 5.71. The van der Waals surface area contributed by atoms with Crippen molar-refractivity contribution < 1.29 is 0 Å². The van der Waals surface area contributed by atoms with Crippen molar-refractivity contribution in [2.45, 2.75) is 32.7 Å². The number of hydrogen-bond donors (Lipinski definition) is 0. The Hall–Kier alpha value is -2.02. The maximum absolute atomic E-state index is 2.48. The Morgan fingerprint density at radius 3 is 2.62 bits per heavy atom. The molecule has 0 N–H and O–H groups in total. The monoisotopic (exact) mass is 277 g/mol. The summed E-state index contributed by atoms with van der Waals surface area (Å²) in [5.74, 6) is 0.558. The number of allylic oxidation sites excluding steroid dienone is 1. The molecule has 0 saturated carbocycles. The third kappa shape index (κ3) is 3.02. The second-order valence-corrected chi connectivity index (χ2v) is 5.87. The van der Waals surface area contributed by atoms with E-state index < -0.39 is 0 Å². The Balaban J connectivity index is 1.86. The van der Waals surface area contributed by atoms with Crippen LogP contribution < -0.4 is 4.90 Å². The second kappa shape index (κ2) is 6.17. The first-order valence-corrected chi connectivity index (χ1v) is 7.89. The van der Waals surface area contributed by atoms with Gasteiger partial charge < -0.3 is 4.90 Å². The molecule has 108 valence electrons. The lowest BCUT2D eigenvalue weighted by Crippen LogP contribution is -2.23. The fourth-order valence-electron chi connectivity index (χ4n) is 3.04. The van der Waals surface area contributed by atoms with Crippen LogP contribution in [0.4, 0.5) is 5.69 Å². The molecule has 0 aliphatic heterocycles. The van der Waals surface area contributed by atoms with Crippen molar-refractivity contribution in [1.82, 2.24) is 0 Å². The van der Waals surface area contributed by atoms with Crippen LogP contribution in [0.1, 0.15) is 42.9 Å². The Bertz CT molecular complexity index is 628. The largest absolute Gasteiger partial charge is 0.367 e. The van der Waals surface area contributed by atoms with Gasteiger partial charge in [-0.2, -0.15) is 0 Å². The molecule has 21 heavy (non-hydrogen) atoms. The first kappa shape index (κ1) is 13.9. The first-order valence-electron chi connectivity index (χ1n) is 7.89. The molecule has 0 fully saturated rings. The first-order chi connectivity index (χ1) is 10.3. The fraction of sp³-hybridized carbons (Fsp3) is 0.300. The number of rotatable bonds is 5. The zero-order chi connectivity index (χ0) is 14.7. The molecule has 0 aromatic heterocycles. The summed E-state index contributed by atoms with van der Waals surface area (Å²) in [5.41, 5.74) is 5.54. The molecule has 0 spiro atoms. The average molecular weight is 277 g/mol. The molecular formula is C20H23N. The highest BCUT2D eigenvalue weighted by Gasteiger charge is 2.15. The molecule has 2 aromatic carbocycles. The van der Waals surface area contributed by atoms with Gasteiger partial charge >= 0.3 is 0 Å². The average Bonchev–Trinajstić information content (AvgIpc) is 2.89. The van der Waals surface area contributed by atoms with E-state index in [0.717, 1.165) is 19.5 Å². The summed E-state index contributed by atoms with van der Waals surface area (Å²) in [6, 6.07) is 17.6. The number of hydrogen-bond acceptors (Lipinski definition) is 1. The number of nitrogens with zero attached hydrogens (tertiary/aromatic N) is 1. The van der Waals surface area contributed by atoms with E-state index in [0.29, 0.717) is 5.92 Å². The van der Waals surface area contributed by atoms with Crippen LogP contribution in [0, 0.1) is 0 Å². The molecule has 0 bridgehead atoms. The van der Waals surface area contributed by atoms with Crippen molar-refractivity contribution in [2.24, 2.45) is 0 Å². The summed E-state index contributed by atoms with van der Waals surface area (Å²) in [4.78, 5) is 2.48. The molecular weight excluding hydrogens is 254 g/mol. The summed E-state index contributed by atoms with van der Waals surface area (Å²) < 4.78 is 0. The van der Waals surface area contributed by atoms with Crippen LogP contribution in [0.5, 0.6) is 0 Å². The molecule has 2 aromatic rings. The van der Waals surface area contributed by atoms with Gasteiger partial charge in [-0.25, -0.2) is 0 Å². The smallest absolute Gasteiger partial charge is 0.0429 e. The van der Waals surface area contributed by atoms with Gasteiger partial charge in [0.25, 0.3) is 0 Å². The van der Waals surface area contributed by atoms with Gasteiger partial charge in [-0.3, -0.25) is 0 Å². The molecule has 0 radical (unpaired) electrons. The predicted octanol–water partition coefficient (Wildman–Crippen LogP) is 5.23. The van der Waals surface area contributed by atoms with E-state index >= 15 is 0 Å². The van der Waals surface area contributed by atoms with Gasteiger partial charge in [0, 0.05) is 18.8 Å². The van der Waals surface area contributed by atoms with Crippen LogP contribution in [0.15, 0.2) is 54.6 Å². The zero-order valence-electron chi connectivity index (χ0n) is 12.9. The lowest BCUT2D eigenvalue weighted by molar-refractivity contribution is 0.767. The summed E-state index contributed by atoms with van der Waals surface area (Å²) in [5, 5.41) is 0. The number of anilines is 1. The normalized spacial score (nSPS) is 16.0. The van der Waals surface area contributed by atoms with E-state index in [-0.39, 0.29) is 0 Å². The second-order valence-electron chi connectivity index (χ2n) is 5.87. The molecule has 1 aliphatic rings. The molecule has 0 saturated heterocycles. The third-order valence-corrected chi connectivity index (χ3v) is 4.20. The van der Waals surface area contributed by atoms with E-state index in [1.54, 1.807) is 0 Å². The van der Waals surface area contributed by atoms with Crippen molar-refractivity contribution in [3.63, 3.8) is 0 Å². The molecule has 1 unspecified atom stereocenters. The summed E-state index contributed by atoms with van der Waals surface area (Å²) >= 11 is 0. The molecule has 1 aliphatic carbocycles. The quantitative estimate of drug-likeness (QED) is 0.723. The predicted molar refractivity (Wildman–Crippen MR) is 91.7 cm³/mol. The van der Waals surface area contributed by atoms with Crippen LogP contribution in [0.25, 0.3) is 6.08 Å². The maximum Gasteiger partial charge on any atom is 0.0429 e. The number of benzene rings is 2. The highest BCUT2D eigenvalue weighted by Crippen LogP contribution is 2.32. The minimum absolute atomic E-state index is 0.558. The van der Waals surface area contributed by atoms with Gasteiger partial charge in [-0.05, 0) is 41.2 Å². The standard InChI is InChI=1S/C20H23N/c1-3-13-21(15-17-7-5-4-6-8-17)19-11-12-20-16(2)9-10-18(20)14-19/h4-12,14,16H,3,13,15H2,1-2H3. The van der Waals surface area contributed by atoms with Crippen molar-refractivity contribution in [1.29, 1.82) is 0 Å². The molecule has 3 rings (SSSR count). The van der Waals surface area contributed by atoms with Crippen molar-refractivity contribution in [3.05, 3.63) is 71.3 Å². The summed E-state index contributed by atoms with van der Waals surface area (Å²) in [6.45, 7) is 6.57. The fourth-order valence-corrected chi connectivity index (χ4v) is 3.04. The lowest BCUT2D eigenvalue weighted by atomic mass is 10.0. The Morgan fingerprint density at radius 2 is 1.86 bits per heavy atom. The van der Waals surface area contributed by atoms with Gasteiger partial charge in [0.1, 0.15) is 0 Å². The molecule has 1 heteroatoms. The highest BCUT2D eigenvalue weighted by molar-refractivity contribution is 5.67. The highest BCUT2D eigenvalue weighted by atomic mass is 15.1. The molecule has 1 atom stereocenters. The maximum atomic E-state index is 2.48. The SMILES string of the molecule is CCCN(Cc1ccccc1)c1ccc2c(c1)C=CC2C. The van der Waals surface area contributed by atoms with Gasteiger partial charge in [0.2, 0.25) is 0 Å². The minimum Gasteiger partial charge on any atom is -0.367 e. The van der Waals surface area contributed by atoms with Crippen molar-refractivity contribution in [3.8, 4) is 0 Å². The van der Waals surface area contributed by atoms with Crippen LogP contribution in [-0.4, -0.2) is 6.54 Å². The van der Waals surface area contributed by atoms with Crippen LogP contribution in [-0.2, 0) is 6.54 Å². The van der Waals surface area contributed by atoms with Crippen LogP contribution in [0.3, 0.4) is 0 Å². The van der Waals surface area contributed by atoms with Gasteiger partial charge in [0.15, 0.2) is 0 Å². The molecule has 0 amide bonds. The van der Waals surface area contributed by atoms with Gasteiger partial charge in [0.05, 0.1) is 0 Å². The topological polar surface area (TPSA) is 3.24 Å². The third-order valence-electron chi connectivity index (χ3n) is 4.20. The Morgan fingerprint density at radius 1 is 1.05 bits per heavy atom. The lowest BCUT2D eigenvalue weighted by Gasteiger charge is -2.25. The zero-order valence-corrected chi connectivity index (χ0v) is 12.9. The van der Waals surface area contributed by atoms with Crippen molar-refractivity contribution >= 4 is 11.8 Å². The van der Waals surface area contributed by atoms with E-state index in [1.807, 2.05) is 0 Å². The molecule has 1 nitrogen and oxygen atoms in total. The van der Waals surface area contributed by atoms with E-state index in [9.17, 15) is 0 Å². The minimum atomic E-state index is 0.558. The van der Waals surface area contributed by atoms with E-state index in [2.05, 4.69) is 79.4 Å². The van der Waals surface area contributed by atoms with Crippen LogP contribution >= 0.6 is 0 Å². The summed E-state index contributed by atoms with van der Waals surface area (Å²) in [7, 11) is 0. The van der Waals surface area contributed by atoms with Gasteiger partial charge in [-0.15, -0.1) is 0 Å². The van der Waals surface area contributed by atoms with E-state index in [4.69, 9.17) is 0 Å². The Kier molecular flexibility index (Phi) is 4.10. The van der Waals surface area contributed by atoms with Crippen LogP contribution in [0.2, 0.25) is 0 Å². The molecule has 0 heterocycles. The van der Waals surface area contributed by atoms with Gasteiger partial charge in [-0.1, -0.05) is 62.4 Å². The van der Waals surface area contributed by atoms with Crippen molar-refractivity contribution in [2.75, 3.05) is 11.4 Å². The van der Waals surface area contributed by atoms with E-state index in [1.165, 1.54) is 22.4 Å². The number of fused-ring (bicyclic) bond motifs is 1. The Labute approximate surface area is 127 Å².